The molecule has 10 heteroatoms. The molecule has 25 heavy (non-hydrogen) atoms. The lowest BCUT2D eigenvalue weighted by molar-refractivity contribution is -0.231. The molecule has 1 atom stereocenters. The first-order valence-corrected chi connectivity index (χ1v) is 9.65. The Hall–Kier alpha value is -1.13. The van der Waals surface area contributed by atoms with Crippen LogP contribution < -0.4 is 0 Å². The van der Waals surface area contributed by atoms with Gasteiger partial charge in [-0.05, 0) is 26.2 Å². The fourth-order valence-electron chi connectivity index (χ4n) is 4.09. The van der Waals surface area contributed by atoms with Gasteiger partial charge in [-0.25, -0.2) is 8.42 Å². The molecule has 0 bridgehead atoms. The van der Waals surface area contributed by atoms with Crippen molar-refractivity contribution < 1.29 is 26.3 Å². The van der Waals surface area contributed by atoms with E-state index < -0.39 is 27.5 Å². The predicted molar refractivity (Wildman–Crippen MR) is 83.4 cm³/mol. The van der Waals surface area contributed by atoms with Crippen molar-refractivity contribution in [3.05, 3.63) is 11.9 Å². The third kappa shape index (κ3) is 3.31. The van der Waals surface area contributed by atoms with Crippen LogP contribution in [0.2, 0.25) is 0 Å². The largest absolute Gasteiger partial charge is 0.392 e. The molecular formula is C15H22F3N3O3S. The molecule has 3 rings (SSSR count). The van der Waals surface area contributed by atoms with Crippen LogP contribution in [0.5, 0.6) is 0 Å². The van der Waals surface area contributed by atoms with Crippen LogP contribution in [0.3, 0.4) is 0 Å². The average Bonchev–Trinajstić information content (AvgIpc) is 2.86. The first kappa shape index (κ1) is 18.7. The minimum atomic E-state index is -4.34. The van der Waals surface area contributed by atoms with Crippen LogP contribution in [-0.4, -0.2) is 55.0 Å². The van der Waals surface area contributed by atoms with Gasteiger partial charge in [0.15, 0.2) is 0 Å². The molecule has 2 fully saturated rings. The lowest BCUT2D eigenvalue weighted by Gasteiger charge is -2.50. The number of nitrogens with zero attached hydrogens (tertiary/aromatic N) is 3. The third-order valence-electron chi connectivity index (χ3n) is 5.37. The first-order valence-electron chi connectivity index (χ1n) is 8.21. The van der Waals surface area contributed by atoms with E-state index in [0.29, 0.717) is 5.69 Å². The monoisotopic (exact) mass is 381 g/mol. The normalized spacial score (nSPS) is 25.4. The maximum atomic E-state index is 13.6. The predicted octanol–water partition coefficient (Wildman–Crippen LogP) is 2.10. The van der Waals surface area contributed by atoms with Crippen molar-refractivity contribution in [3.8, 4) is 0 Å². The standard InChI is InChI=1S/C15H22F3N3O3S/c1-11-12(9-20(2)19-11)25(22,23)21-6-3-13(15(16,17)18)14(10-21)4-7-24-8-5-14/h9,13H,3-8,10H2,1-2H3. The highest BCUT2D eigenvalue weighted by Crippen LogP contribution is 2.51. The molecule has 0 amide bonds. The van der Waals surface area contributed by atoms with Crippen LogP contribution in [0.15, 0.2) is 11.1 Å². The average molecular weight is 381 g/mol. The van der Waals surface area contributed by atoms with Gasteiger partial charge in [0.25, 0.3) is 0 Å². The van der Waals surface area contributed by atoms with E-state index in [-0.39, 0.29) is 50.5 Å². The Morgan fingerprint density at radius 2 is 1.96 bits per heavy atom. The molecule has 142 valence electrons. The maximum absolute atomic E-state index is 13.6. The van der Waals surface area contributed by atoms with E-state index in [1.54, 1.807) is 14.0 Å². The van der Waals surface area contributed by atoms with E-state index in [0.717, 1.165) is 0 Å². The van der Waals surface area contributed by atoms with E-state index in [2.05, 4.69) is 5.10 Å². The summed E-state index contributed by atoms with van der Waals surface area (Å²) in [4.78, 5) is 0.0580. The zero-order valence-corrected chi connectivity index (χ0v) is 15.0. The van der Waals surface area contributed by atoms with E-state index in [1.165, 1.54) is 15.2 Å². The SMILES string of the molecule is Cc1nn(C)cc1S(=O)(=O)N1CCC(C(F)(F)F)C2(CCOCC2)C1. The summed E-state index contributed by atoms with van der Waals surface area (Å²) in [6.07, 6.45) is -2.72. The number of sulfonamides is 1. The minimum absolute atomic E-state index is 0.0580. The summed E-state index contributed by atoms with van der Waals surface area (Å²) >= 11 is 0. The minimum Gasteiger partial charge on any atom is -0.381 e. The smallest absolute Gasteiger partial charge is 0.381 e. The van der Waals surface area contributed by atoms with Gasteiger partial charge < -0.3 is 4.74 Å². The van der Waals surface area contributed by atoms with Crippen LogP contribution >= 0.6 is 0 Å². The first-order chi connectivity index (χ1) is 11.6. The van der Waals surface area contributed by atoms with Gasteiger partial charge in [0.2, 0.25) is 10.0 Å². The quantitative estimate of drug-likeness (QED) is 0.787. The van der Waals surface area contributed by atoms with Crippen molar-refractivity contribution in [3.63, 3.8) is 0 Å². The lowest BCUT2D eigenvalue weighted by atomic mass is 9.66. The molecule has 1 unspecified atom stereocenters. The Labute approximate surface area is 145 Å². The number of halogens is 3. The fraction of sp³-hybridized carbons (Fsp3) is 0.800. The lowest BCUT2D eigenvalue weighted by Crippen LogP contribution is -2.56. The number of ether oxygens (including phenoxy) is 1. The molecule has 0 aliphatic carbocycles. The zero-order valence-electron chi connectivity index (χ0n) is 14.2. The van der Waals surface area contributed by atoms with Gasteiger partial charge in [-0.15, -0.1) is 0 Å². The van der Waals surface area contributed by atoms with Crippen molar-refractivity contribution in [1.82, 2.24) is 14.1 Å². The molecule has 1 aromatic heterocycles. The van der Waals surface area contributed by atoms with E-state index in [1.807, 2.05) is 0 Å². The maximum Gasteiger partial charge on any atom is 0.392 e. The van der Waals surface area contributed by atoms with E-state index >= 15 is 0 Å². The molecule has 0 N–H and O–H groups in total. The summed E-state index contributed by atoms with van der Waals surface area (Å²) in [5.41, 5.74) is -0.765. The van der Waals surface area contributed by atoms with Gasteiger partial charge in [-0.1, -0.05) is 0 Å². The number of piperidine rings is 1. The highest BCUT2D eigenvalue weighted by Gasteiger charge is 2.57. The van der Waals surface area contributed by atoms with Crippen molar-refractivity contribution >= 4 is 10.0 Å². The van der Waals surface area contributed by atoms with Crippen LogP contribution in [0.25, 0.3) is 0 Å². The Bertz CT molecular complexity index is 739. The summed E-state index contributed by atoms with van der Waals surface area (Å²) in [6, 6.07) is 0. The van der Waals surface area contributed by atoms with Gasteiger partial charge >= 0.3 is 6.18 Å². The molecule has 0 radical (unpaired) electrons. The molecule has 2 aliphatic rings. The second-order valence-electron chi connectivity index (χ2n) is 6.95. The number of rotatable bonds is 2. The number of aromatic nitrogens is 2. The number of hydrogen-bond acceptors (Lipinski definition) is 4. The second-order valence-corrected chi connectivity index (χ2v) is 8.85. The van der Waals surface area contributed by atoms with Crippen LogP contribution in [0.4, 0.5) is 13.2 Å². The molecule has 1 spiro atoms. The van der Waals surface area contributed by atoms with Crippen LogP contribution in [-0.2, 0) is 21.8 Å². The molecule has 6 nitrogen and oxygen atoms in total. The van der Waals surface area contributed by atoms with Crippen LogP contribution in [0, 0.1) is 18.3 Å². The third-order valence-corrected chi connectivity index (χ3v) is 7.32. The molecule has 2 saturated heterocycles. The molecule has 0 saturated carbocycles. The van der Waals surface area contributed by atoms with Gasteiger partial charge in [-0.3, -0.25) is 4.68 Å². The number of aryl methyl sites for hydroxylation is 2. The van der Waals surface area contributed by atoms with Crippen LogP contribution in [0.1, 0.15) is 25.0 Å². The van der Waals surface area contributed by atoms with E-state index in [4.69, 9.17) is 4.74 Å². The Kier molecular flexibility index (Phi) is 4.66. The number of hydrogen-bond donors (Lipinski definition) is 0. The van der Waals surface area contributed by atoms with Gasteiger partial charge in [0, 0.05) is 45.0 Å². The van der Waals surface area contributed by atoms with Crippen molar-refractivity contribution in [2.75, 3.05) is 26.3 Å². The van der Waals surface area contributed by atoms with Crippen molar-refractivity contribution in [1.29, 1.82) is 0 Å². The highest BCUT2D eigenvalue weighted by atomic mass is 32.2. The Morgan fingerprint density at radius 3 is 2.48 bits per heavy atom. The summed E-state index contributed by atoms with van der Waals surface area (Å²) < 4.78 is 74.4. The molecule has 2 aliphatic heterocycles. The Balaban J connectivity index is 1.94. The molecule has 0 aromatic carbocycles. The fourth-order valence-corrected chi connectivity index (χ4v) is 5.84. The summed E-state index contributed by atoms with van der Waals surface area (Å²) in [6.45, 7) is 1.78. The number of alkyl halides is 3. The van der Waals surface area contributed by atoms with Crippen molar-refractivity contribution in [2.45, 2.75) is 37.3 Å². The van der Waals surface area contributed by atoms with Crippen molar-refractivity contribution in [2.24, 2.45) is 18.4 Å². The molecular weight excluding hydrogens is 359 g/mol. The van der Waals surface area contributed by atoms with E-state index in [9.17, 15) is 21.6 Å². The summed E-state index contributed by atoms with van der Waals surface area (Å²) in [5.74, 6) is -1.50. The van der Waals surface area contributed by atoms with Gasteiger partial charge in [-0.2, -0.15) is 22.6 Å². The van der Waals surface area contributed by atoms with Gasteiger partial charge in [0.05, 0.1) is 11.6 Å². The summed E-state index contributed by atoms with van der Waals surface area (Å²) in [7, 11) is -2.26. The highest BCUT2D eigenvalue weighted by molar-refractivity contribution is 7.89. The topological polar surface area (TPSA) is 64.4 Å². The summed E-state index contributed by atoms with van der Waals surface area (Å²) in [5, 5.41) is 4.04. The Morgan fingerprint density at radius 1 is 1.32 bits per heavy atom. The molecule has 3 heterocycles. The van der Waals surface area contributed by atoms with Gasteiger partial charge in [0.1, 0.15) is 4.90 Å². The second kappa shape index (κ2) is 6.24. The molecule has 1 aromatic rings. The zero-order chi connectivity index (χ0) is 18.5.